The molecule has 132 valence electrons. The summed E-state index contributed by atoms with van der Waals surface area (Å²) >= 11 is 0. The van der Waals surface area contributed by atoms with E-state index in [4.69, 9.17) is 4.98 Å². The highest BCUT2D eigenvalue weighted by Crippen LogP contribution is 2.30. The van der Waals surface area contributed by atoms with Crippen molar-refractivity contribution in [1.29, 1.82) is 0 Å². The van der Waals surface area contributed by atoms with Crippen LogP contribution in [0.3, 0.4) is 0 Å². The summed E-state index contributed by atoms with van der Waals surface area (Å²) in [4.78, 5) is 7.12. The molecule has 1 fully saturated rings. The number of benzene rings is 2. The van der Waals surface area contributed by atoms with Gasteiger partial charge in [-0.3, -0.25) is 0 Å². The fraction of sp³-hybridized carbons (Fsp3) is 0.227. The number of rotatable bonds is 3. The highest BCUT2D eigenvalue weighted by Gasteiger charge is 2.15. The van der Waals surface area contributed by atoms with Crippen LogP contribution >= 0.6 is 0 Å². The summed E-state index contributed by atoms with van der Waals surface area (Å²) in [5.74, 6) is -0.528. The van der Waals surface area contributed by atoms with Gasteiger partial charge >= 0.3 is 0 Å². The minimum Gasteiger partial charge on any atom is -0.371 e. The van der Waals surface area contributed by atoms with E-state index in [2.05, 4.69) is 17.0 Å². The molecule has 0 atom stereocenters. The molecule has 0 unspecified atom stereocenters. The Bertz CT molecular complexity index is 819. The van der Waals surface area contributed by atoms with Gasteiger partial charge in [0.25, 0.3) is 0 Å². The molecule has 0 spiro atoms. The van der Waals surface area contributed by atoms with Gasteiger partial charge in [0.05, 0.1) is 11.4 Å². The SMILES string of the molecule is Fc1ccc(-c2cc(N3CCCCC3)cc(-c3ccc(F)cc3)n2)cc1. The maximum Gasteiger partial charge on any atom is 0.123 e. The van der Waals surface area contributed by atoms with Crippen LogP contribution in [0.25, 0.3) is 22.5 Å². The zero-order valence-corrected chi connectivity index (χ0v) is 14.5. The maximum absolute atomic E-state index is 13.3. The molecule has 4 heteroatoms. The smallest absolute Gasteiger partial charge is 0.123 e. The van der Waals surface area contributed by atoms with Gasteiger partial charge in [0.15, 0.2) is 0 Å². The van der Waals surface area contributed by atoms with Crippen LogP contribution in [0.15, 0.2) is 60.7 Å². The summed E-state index contributed by atoms with van der Waals surface area (Å²) in [6.07, 6.45) is 3.62. The molecule has 0 N–H and O–H groups in total. The zero-order chi connectivity index (χ0) is 17.9. The molecule has 0 bridgehead atoms. The molecular formula is C22H20F2N2. The molecule has 4 rings (SSSR count). The summed E-state index contributed by atoms with van der Waals surface area (Å²) in [5.41, 5.74) is 4.44. The third-order valence-electron chi connectivity index (χ3n) is 4.81. The van der Waals surface area contributed by atoms with E-state index in [0.717, 1.165) is 41.3 Å². The van der Waals surface area contributed by atoms with Crippen LogP contribution in [0.2, 0.25) is 0 Å². The number of aromatic nitrogens is 1. The Morgan fingerprint density at radius 3 is 1.58 bits per heavy atom. The Hall–Kier alpha value is -2.75. The molecule has 0 radical (unpaired) electrons. The van der Waals surface area contributed by atoms with Gasteiger partial charge in [-0.25, -0.2) is 13.8 Å². The fourth-order valence-corrected chi connectivity index (χ4v) is 3.39. The lowest BCUT2D eigenvalue weighted by molar-refractivity contribution is 0.578. The molecule has 1 saturated heterocycles. The average Bonchev–Trinajstić information content (AvgIpc) is 2.69. The largest absolute Gasteiger partial charge is 0.371 e. The molecule has 1 aliphatic heterocycles. The van der Waals surface area contributed by atoms with Gasteiger partial charge in [0, 0.05) is 29.9 Å². The first-order valence-corrected chi connectivity index (χ1v) is 8.98. The van der Waals surface area contributed by atoms with E-state index < -0.39 is 0 Å². The summed E-state index contributed by atoms with van der Waals surface area (Å²) in [5, 5.41) is 0. The number of anilines is 1. The Balaban J connectivity index is 1.80. The number of piperidine rings is 1. The summed E-state index contributed by atoms with van der Waals surface area (Å²) in [6.45, 7) is 2.05. The molecule has 26 heavy (non-hydrogen) atoms. The molecular weight excluding hydrogens is 330 g/mol. The summed E-state index contributed by atoms with van der Waals surface area (Å²) in [6, 6.07) is 16.9. The van der Waals surface area contributed by atoms with Crippen LogP contribution in [-0.2, 0) is 0 Å². The lowest BCUT2D eigenvalue weighted by Crippen LogP contribution is -2.29. The summed E-state index contributed by atoms with van der Waals surface area (Å²) < 4.78 is 26.6. The minimum atomic E-state index is -0.264. The highest BCUT2D eigenvalue weighted by atomic mass is 19.1. The Morgan fingerprint density at radius 2 is 1.12 bits per heavy atom. The molecule has 0 saturated carbocycles. The third-order valence-corrected chi connectivity index (χ3v) is 4.81. The van der Waals surface area contributed by atoms with Crippen LogP contribution < -0.4 is 4.90 Å². The van der Waals surface area contributed by atoms with Gasteiger partial charge in [-0.05, 0) is 79.9 Å². The monoisotopic (exact) mass is 350 g/mol. The predicted octanol–water partition coefficient (Wildman–Crippen LogP) is 5.68. The second kappa shape index (κ2) is 7.24. The van der Waals surface area contributed by atoms with Crippen molar-refractivity contribution in [3.05, 3.63) is 72.3 Å². The first-order valence-electron chi connectivity index (χ1n) is 8.98. The normalized spacial score (nSPS) is 14.5. The first kappa shape index (κ1) is 16.7. The van der Waals surface area contributed by atoms with Crippen molar-refractivity contribution in [2.24, 2.45) is 0 Å². The van der Waals surface area contributed by atoms with Crippen LogP contribution in [0.1, 0.15) is 19.3 Å². The molecule has 2 heterocycles. The van der Waals surface area contributed by atoms with E-state index in [-0.39, 0.29) is 11.6 Å². The van der Waals surface area contributed by atoms with E-state index in [1.807, 2.05) is 0 Å². The first-order chi connectivity index (χ1) is 12.7. The van der Waals surface area contributed by atoms with Crippen molar-refractivity contribution in [2.75, 3.05) is 18.0 Å². The van der Waals surface area contributed by atoms with Gasteiger partial charge in [0.1, 0.15) is 11.6 Å². The lowest BCUT2D eigenvalue weighted by Gasteiger charge is -2.29. The van der Waals surface area contributed by atoms with Crippen molar-refractivity contribution in [3.63, 3.8) is 0 Å². The fourth-order valence-electron chi connectivity index (χ4n) is 3.39. The average molecular weight is 350 g/mol. The lowest BCUT2D eigenvalue weighted by atomic mass is 10.0. The number of hydrogen-bond acceptors (Lipinski definition) is 2. The van der Waals surface area contributed by atoms with Crippen LogP contribution in [0, 0.1) is 11.6 Å². The van der Waals surface area contributed by atoms with Gasteiger partial charge < -0.3 is 4.90 Å². The quantitative estimate of drug-likeness (QED) is 0.604. The number of halogens is 2. The standard InChI is InChI=1S/C22H20F2N2/c23-18-8-4-16(5-9-18)21-14-20(26-12-2-1-3-13-26)15-22(25-21)17-6-10-19(24)11-7-17/h4-11,14-15H,1-3,12-13H2. The molecule has 2 aromatic carbocycles. The Morgan fingerprint density at radius 1 is 0.654 bits per heavy atom. The van der Waals surface area contributed by atoms with Gasteiger partial charge in [-0.2, -0.15) is 0 Å². The second-order valence-corrected chi connectivity index (χ2v) is 6.66. The van der Waals surface area contributed by atoms with Crippen molar-refractivity contribution < 1.29 is 8.78 Å². The van der Waals surface area contributed by atoms with Gasteiger partial charge in [-0.1, -0.05) is 0 Å². The topological polar surface area (TPSA) is 16.1 Å². The molecule has 0 amide bonds. The van der Waals surface area contributed by atoms with Crippen LogP contribution in [-0.4, -0.2) is 18.1 Å². The zero-order valence-electron chi connectivity index (χ0n) is 14.5. The molecule has 3 aromatic rings. The van der Waals surface area contributed by atoms with E-state index in [1.165, 1.54) is 43.5 Å². The molecule has 1 aromatic heterocycles. The minimum absolute atomic E-state index is 0.264. The Kier molecular flexibility index (Phi) is 4.65. The van der Waals surface area contributed by atoms with E-state index >= 15 is 0 Å². The van der Waals surface area contributed by atoms with Crippen molar-refractivity contribution in [3.8, 4) is 22.5 Å². The third kappa shape index (κ3) is 3.59. The Labute approximate surface area is 152 Å². The van der Waals surface area contributed by atoms with Crippen molar-refractivity contribution >= 4 is 5.69 Å². The summed E-state index contributed by atoms with van der Waals surface area (Å²) in [7, 11) is 0. The predicted molar refractivity (Wildman–Crippen MR) is 101 cm³/mol. The van der Waals surface area contributed by atoms with Gasteiger partial charge in [0.2, 0.25) is 0 Å². The van der Waals surface area contributed by atoms with Crippen molar-refractivity contribution in [2.45, 2.75) is 19.3 Å². The van der Waals surface area contributed by atoms with E-state index in [9.17, 15) is 8.78 Å². The van der Waals surface area contributed by atoms with E-state index in [0.29, 0.717) is 0 Å². The molecule has 1 aliphatic rings. The van der Waals surface area contributed by atoms with Crippen molar-refractivity contribution in [1.82, 2.24) is 4.98 Å². The molecule has 2 nitrogen and oxygen atoms in total. The van der Waals surface area contributed by atoms with Crippen LogP contribution in [0.4, 0.5) is 14.5 Å². The number of pyridine rings is 1. The second-order valence-electron chi connectivity index (χ2n) is 6.66. The maximum atomic E-state index is 13.3. The molecule has 0 aliphatic carbocycles. The van der Waals surface area contributed by atoms with Gasteiger partial charge in [-0.15, -0.1) is 0 Å². The highest BCUT2D eigenvalue weighted by molar-refractivity contribution is 5.72. The number of nitrogens with zero attached hydrogens (tertiary/aromatic N) is 2. The van der Waals surface area contributed by atoms with Crippen LogP contribution in [0.5, 0.6) is 0 Å². The number of hydrogen-bond donors (Lipinski definition) is 0. The van der Waals surface area contributed by atoms with E-state index in [1.54, 1.807) is 24.3 Å².